The Bertz CT molecular complexity index is 872. The average Bonchev–Trinajstić information content (AvgIpc) is 3.36. The number of rotatable bonds is 3. The molecule has 2 aromatic rings. The van der Waals surface area contributed by atoms with Gasteiger partial charge in [0, 0.05) is 49.9 Å². The summed E-state index contributed by atoms with van der Waals surface area (Å²) in [7, 11) is 0. The van der Waals surface area contributed by atoms with Crippen LogP contribution in [0.1, 0.15) is 46.8 Å². The molecule has 1 N–H and O–H groups in total. The first-order valence-corrected chi connectivity index (χ1v) is 11.1. The average molecular weight is 390 g/mol. The molecule has 29 heavy (non-hydrogen) atoms. The predicted molar refractivity (Wildman–Crippen MR) is 117 cm³/mol. The van der Waals surface area contributed by atoms with Crippen LogP contribution in [0.5, 0.6) is 0 Å². The molecule has 1 amide bonds. The number of nitrogens with one attached hydrogen (secondary N) is 1. The summed E-state index contributed by atoms with van der Waals surface area (Å²) in [6.07, 6.45) is 3.87. The number of piperidine rings is 1. The van der Waals surface area contributed by atoms with E-state index in [4.69, 9.17) is 0 Å². The van der Waals surface area contributed by atoms with Gasteiger partial charge in [0.1, 0.15) is 0 Å². The number of carbonyl (C=O) groups excluding carboxylic acids is 1. The highest BCUT2D eigenvalue weighted by molar-refractivity contribution is 5.95. The minimum atomic E-state index is 0.172. The van der Waals surface area contributed by atoms with Crippen LogP contribution in [0.15, 0.2) is 48.5 Å². The third-order valence-electron chi connectivity index (χ3n) is 7.17. The molecule has 0 radical (unpaired) electrons. The van der Waals surface area contributed by atoms with Crippen molar-refractivity contribution in [3.63, 3.8) is 0 Å². The molecule has 3 aliphatic rings. The van der Waals surface area contributed by atoms with Crippen molar-refractivity contribution >= 4 is 11.6 Å². The van der Waals surface area contributed by atoms with Crippen LogP contribution in [-0.4, -0.2) is 43.5 Å². The number of anilines is 1. The molecule has 3 fully saturated rings. The van der Waals surface area contributed by atoms with E-state index in [-0.39, 0.29) is 11.9 Å². The van der Waals surface area contributed by atoms with Crippen LogP contribution in [0.25, 0.3) is 0 Å². The van der Waals surface area contributed by atoms with Crippen molar-refractivity contribution in [3.8, 4) is 0 Å². The Morgan fingerprint density at radius 2 is 1.72 bits per heavy atom. The molecule has 5 rings (SSSR count). The number of likely N-dealkylation sites (tertiary alicyclic amines) is 1. The van der Waals surface area contributed by atoms with Gasteiger partial charge in [-0.25, -0.2) is 0 Å². The molecular formula is C25H31N3O. The molecule has 3 aliphatic heterocycles. The number of benzene rings is 2. The van der Waals surface area contributed by atoms with E-state index in [9.17, 15) is 4.79 Å². The first-order valence-electron chi connectivity index (χ1n) is 11.1. The van der Waals surface area contributed by atoms with Crippen molar-refractivity contribution in [1.82, 2.24) is 10.2 Å². The topological polar surface area (TPSA) is 35.6 Å². The summed E-state index contributed by atoms with van der Waals surface area (Å²) in [6, 6.07) is 17.1. The molecule has 3 atom stereocenters. The quantitative estimate of drug-likeness (QED) is 0.861. The number of aryl methyl sites for hydroxylation is 1. The summed E-state index contributed by atoms with van der Waals surface area (Å²) >= 11 is 0. The maximum Gasteiger partial charge on any atom is 0.254 e. The summed E-state index contributed by atoms with van der Waals surface area (Å²) in [4.78, 5) is 18.1. The largest absolute Gasteiger partial charge is 0.372 e. The van der Waals surface area contributed by atoms with Gasteiger partial charge in [-0.3, -0.25) is 4.79 Å². The van der Waals surface area contributed by atoms with Crippen LogP contribution in [0, 0.1) is 18.8 Å². The second-order valence-electron chi connectivity index (χ2n) is 8.94. The summed E-state index contributed by atoms with van der Waals surface area (Å²) in [6.45, 7) is 7.30. The zero-order valence-corrected chi connectivity index (χ0v) is 17.3. The van der Waals surface area contributed by atoms with E-state index in [1.807, 2.05) is 12.1 Å². The van der Waals surface area contributed by atoms with E-state index >= 15 is 0 Å². The van der Waals surface area contributed by atoms with Gasteiger partial charge in [-0.1, -0.05) is 24.3 Å². The molecule has 4 heteroatoms. The van der Waals surface area contributed by atoms with E-state index in [1.54, 1.807) is 0 Å². The maximum absolute atomic E-state index is 13.6. The van der Waals surface area contributed by atoms with Crippen LogP contribution in [0.4, 0.5) is 5.69 Å². The maximum atomic E-state index is 13.6. The lowest BCUT2D eigenvalue weighted by atomic mass is 9.87. The number of hydrogen-bond acceptors (Lipinski definition) is 3. The predicted octanol–water partition coefficient (Wildman–Crippen LogP) is 4.02. The van der Waals surface area contributed by atoms with Crippen LogP contribution in [0.2, 0.25) is 0 Å². The van der Waals surface area contributed by atoms with Crippen LogP contribution >= 0.6 is 0 Å². The van der Waals surface area contributed by atoms with Gasteiger partial charge in [0.15, 0.2) is 0 Å². The molecule has 3 heterocycles. The second-order valence-corrected chi connectivity index (χ2v) is 8.94. The van der Waals surface area contributed by atoms with E-state index in [0.29, 0.717) is 11.8 Å². The van der Waals surface area contributed by atoms with E-state index in [1.165, 1.54) is 36.1 Å². The van der Waals surface area contributed by atoms with Crippen molar-refractivity contribution in [1.29, 1.82) is 0 Å². The normalized spacial score (nSPS) is 26.6. The molecule has 2 aromatic carbocycles. The monoisotopic (exact) mass is 389 g/mol. The van der Waals surface area contributed by atoms with Gasteiger partial charge in [0.25, 0.3) is 5.91 Å². The molecule has 0 saturated carbocycles. The van der Waals surface area contributed by atoms with E-state index < -0.39 is 0 Å². The first-order chi connectivity index (χ1) is 14.2. The van der Waals surface area contributed by atoms with Crippen LogP contribution < -0.4 is 10.2 Å². The molecule has 152 valence electrons. The minimum absolute atomic E-state index is 0.172. The Kier molecular flexibility index (Phi) is 5.04. The fraction of sp³-hybridized carbons (Fsp3) is 0.480. The number of nitrogens with zero attached hydrogens (tertiary/aromatic N) is 2. The number of fused-ring (bicyclic) bond motifs is 1. The third kappa shape index (κ3) is 3.44. The highest BCUT2D eigenvalue weighted by Crippen LogP contribution is 2.44. The number of carbonyl (C=O) groups is 1. The van der Waals surface area contributed by atoms with Gasteiger partial charge in [-0.05, 0) is 67.5 Å². The SMILES string of the molecule is Cc1ccccc1[C@@H]1[C@H]2CNC[C@H]2CN1C(=O)c1ccc(N2CCCCC2)cc1. The molecule has 0 spiro atoms. The van der Waals surface area contributed by atoms with Crippen LogP contribution in [-0.2, 0) is 0 Å². The molecule has 0 bridgehead atoms. The first kappa shape index (κ1) is 18.7. The Balaban J connectivity index is 1.41. The number of amides is 1. The Morgan fingerprint density at radius 3 is 2.48 bits per heavy atom. The Hall–Kier alpha value is -2.33. The highest BCUT2D eigenvalue weighted by atomic mass is 16.2. The molecule has 0 unspecified atom stereocenters. The zero-order valence-electron chi connectivity index (χ0n) is 17.3. The molecule has 4 nitrogen and oxygen atoms in total. The van der Waals surface area contributed by atoms with Crippen molar-refractivity contribution in [3.05, 3.63) is 65.2 Å². The van der Waals surface area contributed by atoms with Gasteiger partial charge in [0.05, 0.1) is 6.04 Å². The fourth-order valence-corrected chi connectivity index (χ4v) is 5.58. The Labute approximate surface area is 173 Å². The molecule has 3 saturated heterocycles. The fourth-order valence-electron chi connectivity index (χ4n) is 5.58. The van der Waals surface area contributed by atoms with Crippen molar-refractivity contribution < 1.29 is 4.79 Å². The number of hydrogen-bond donors (Lipinski definition) is 1. The smallest absolute Gasteiger partial charge is 0.254 e. The van der Waals surface area contributed by atoms with Gasteiger partial charge in [0.2, 0.25) is 0 Å². The van der Waals surface area contributed by atoms with Gasteiger partial charge in [-0.15, -0.1) is 0 Å². The Morgan fingerprint density at radius 1 is 0.966 bits per heavy atom. The lowest BCUT2D eigenvalue weighted by molar-refractivity contribution is 0.0713. The molecule has 0 aromatic heterocycles. The molecule has 0 aliphatic carbocycles. The van der Waals surface area contributed by atoms with Crippen molar-refractivity contribution in [2.45, 2.75) is 32.2 Å². The molecular weight excluding hydrogens is 358 g/mol. The lowest BCUT2D eigenvalue weighted by Crippen LogP contribution is -2.35. The second kappa shape index (κ2) is 7.83. The van der Waals surface area contributed by atoms with Crippen molar-refractivity contribution in [2.24, 2.45) is 11.8 Å². The van der Waals surface area contributed by atoms with Gasteiger partial charge >= 0.3 is 0 Å². The van der Waals surface area contributed by atoms with Gasteiger partial charge in [-0.2, -0.15) is 0 Å². The summed E-state index contributed by atoms with van der Waals surface area (Å²) in [5.74, 6) is 1.24. The standard InChI is InChI=1S/C25H31N3O/c1-18-7-3-4-8-22(18)24-23-16-26-15-20(23)17-28(24)25(29)19-9-11-21(12-10-19)27-13-5-2-6-14-27/h3-4,7-12,20,23-24,26H,2,5-6,13-17H2,1H3/t20-,23-,24+/m0/s1. The summed E-state index contributed by atoms with van der Waals surface area (Å²) in [5.41, 5.74) is 4.65. The zero-order chi connectivity index (χ0) is 19.8. The minimum Gasteiger partial charge on any atom is -0.372 e. The summed E-state index contributed by atoms with van der Waals surface area (Å²) in [5, 5.41) is 3.54. The van der Waals surface area contributed by atoms with E-state index in [0.717, 1.165) is 38.3 Å². The highest BCUT2D eigenvalue weighted by Gasteiger charge is 2.47. The van der Waals surface area contributed by atoms with Gasteiger partial charge < -0.3 is 15.1 Å². The van der Waals surface area contributed by atoms with E-state index in [2.05, 4.69) is 58.4 Å². The van der Waals surface area contributed by atoms with Crippen LogP contribution in [0.3, 0.4) is 0 Å². The summed E-state index contributed by atoms with van der Waals surface area (Å²) < 4.78 is 0. The van der Waals surface area contributed by atoms with Crippen molar-refractivity contribution in [2.75, 3.05) is 37.6 Å². The third-order valence-corrected chi connectivity index (χ3v) is 7.17. The lowest BCUT2D eigenvalue weighted by Gasteiger charge is -2.30.